The molecule has 0 atom stereocenters. The van der Waals surface area contributed by atoms with Crippen molar-refractivity contribution in [2.24, 2.45) is 0 Å². The third-order valence-electron chi connectivity index (χ3n) is 5.52. The second kappa shape index (κ2) is 13.8. The molecule has 0 bridgehead atoms. The van der Waals surface area contributed by atoms with Crippen LogP contribution in [-0.4, -0.2) is 52.5 Å². The smallest absolute Gasteiger partial charge is 0.343 e. The zero-order valence-electron chi connectivity index (χ0n) is 20.9. The van der Waals surface area contributed by atoms with Crippen LogP contribution >= 0.6 is 46.4 Å². The molecule has 0 saturated carbocycles. The van der Waals surface area contributed by atoms with E-state index in [1.54, 1.807) is 0 Å². The molecule has 0 radical (unpaired) electrons. The van der Waals surface area contributed by atoms with Crippen LogP contribution in [-0.2, 0) is 9.47 Å². The molecule has 0 aromatic heterocycles. The van der Waals surface area contributed by atoms with E-state index in [1.807, 2.05) is 36.1 Å². The Morgan fingerprint density at radius 2 is 1.05 bits per heavy atom. The highest BCUT2D eigenvalue weighted by molar-refractivity contribution is 6.37. The molecule has 0 aliphatic rings. The van der Waals surface area contributed by atoms with Crippen molar-refractivity contribution in [2.45, 2.75) is 6.92 Å². The van der Waals surface area contributed by atoms with Gasteiger partial charge in [0.1, 0.15) is 24.3 Å². The van der Waals surface area contributed by atoms with Crippen molar-refractivity contribution in [1.82, 2.24) is 0 Å². The lowest BCUT2D eigenvalue weighted by molar-refractivity contribution is 0.0501. The fourth-order valence-corrected chi connectivity index (χ4v) is 4.53. The maximum Gasteiger partial charge on any atom is 0.343 e. The third kappa shape index (κ3) is 7.17. The van der Waals surface area contributed by atoms with Crippen molar-refractivity contribution in [3.05, 3.63) is 85.3 Å². The topological polar surface area (TPSA) is 74.3 Å². The van der Waals surface area contributed by atoms with Crippen LogP contribution in [0.2, 0.25) is 20.1 Å². The normalized spacial score (nSPS) is 10.6. The number of aryl methyl sites for hydroxylation is 1. The van der Waals surface area contributed by atoms with Crippen LogP contribution in [0.25, 0.3) is 0 Å². The number of esters is 2. The number of nitrogens with zero attached hydrogens (tertiary/aromatic N) is 1. The molecule has 0 unspecified atom stereocenters. The molecule has 3 aromatic carbocycles. The Balaban J connectivity index is 1.69. The van der Waals surface area contributed by atoms with Crippen LogP contribution in [0.1, 0.15) is 26.3 Å². The molecule has 0 amide bonds. The molecule has 7 nitrogen and oxygen atoms in total. The van der Waals surface area contributed by atoms with E-state index in [2.05, 4.69) is 0 Å². The fourth-order valence-electron chi connectivity index (χ4n) is 3.61. The maximum absolute atomic E-state index is 12.8. The minimum atomic E-state index is -0.674. The van der Waals surface area contributed by atoms with Crippen LogP contribution < -0.4 is 14.4 Å². The molecule has 0 spiro atoms. The van der Waals surface area contributed by atoms with E-state index in [0.29, 0.717) is 13.1 Å². The van der Waals surface area contributed by atoms with Gasteiger partial charge in [-0.2, -0.15) is 0 Å². The first-order valence-electron chi connectivity index (χ1n) is 11.4. The van der Waals surface area contributed by atoms with Gasteiger partial charge in [0.2, 0.25) is 0 Å². The van der Waals surface area contributed by atoms with Gasteiger partial charge in [-0.15, -0.1) is 0 Å². The molecule has 0 fully saturated rings. The quantitative estimate of drug-likeness (QED) is 0.216. The molecule has 3 rings (SSSR count). The summed E-state index contributed by atoms with van der Waals surface area (Å²) in [6.07, 6.45) is 0. The molecule has 202 valence electrons. The number of carbonyl (C=O) groups is 2. The average molecular weight is 601 g/mol. The summed E-state index contributed by atoms with van der Waals surface area (Å²) in [7, 11) is 2.78. The summed E-state index contributed by atoms with van der Waals surface area (Å²) >= 11 is 24.6. The third-order valence-corrected chi connectivity index (χ3v) is 6.75. The largest absolute Gasteiger partial charge is 0.494 e. The molecule has 0 aliphatic carbocycles. The summed E-state index contributed by atoms with van der Waals surface area (Å²) < 4.78 is 21.4. The first kappa shape index (κ1) is 29.7. The number of ether oxygens (including phenoxy) is 4. The molecule has 0 aliphatic heterocycles. The van der Waals surface area contributed by atoms with Gasteiger partial charge >= 0.3 is 11.9 Å². The Labute approximate surface area is 241 Å². The van der Waals surface area contributed by atoms with Gasteiger partial charge in [-0.3, -0.25) is 0 Å². The lowest BCUT2D eigenvalue weighted by Gasteiger charge is -2.25. The Morgan fingerprint density at radius 1 is 0.658 bits per heavy atom. The number of benzene rings is 3. The Hall–Kier alpha value is -2.84. The van der Waals surface area contributed by atoms with E-state index < -0.39 is 11.9 Å². The van der Waals surface area contributed by atoms with E-state index in [-0.39, 0.29) is 55.9 Å². The molecule has 0 heterocycles. The number of hydrogen-bond donors (Lipinski definition) is 0. The number of methoxy groups -OCH3 is 2. The number of anilines is 1. The maximum atomic E-state index is 12.8. The lowest BCUT2D eigenvalue weighted by Crippen LogP contribution is -2.32. The van der Waals surface area contributed by atoms with Crippen molar-refractivity contribution < 1.29 is 28.5 Å². The highest BCUT2D eigenvalue weighted by Gasteiger charge is 2.23. The SMILES string of the molecule is COc1c(Cl)ccc(Cl)c1C(=O)OCCN(CCOC(=O)c1c(Cl)ccc(Cl)c1OC)c1ccc(C)cc1. The predicted molar refractivity (Wildman–Crippen MR) is 150 cm³/mol. The number of hydrogen-bond acceptors (Lipinski definition) is 7. The van der Waals surface area contributed by atoms with Gasteiger partial charge < -0.3 is 23.8 Å². The molecule has 0 saturated heterocycles. The fraction of sp³-hybridized carbons (Fsp3) is 0.259. The van der Waals surface area contributed by atoms with E-state index in [0.717, 1.165) is 11.3 Å². The summed E-state index contributed by atoms with van der Waals surface area (Å²) in [4.78, 5) is 27.5. The van der Waals surface area contributed by atoms with Crippen molar-refractivity contribution in [1.29, 1.82) is 0 Å². The van der Waals surface area contributed by atoms with Gasteiger partial charge in [-0.25, -0.2) is 9.59 Å². The second-order valence-corrected chi connectivity index (χ2v) is 9.60. The first-order valence-corrected chi connectivity index (χ1v) is 12.9. The molecule has 11 heteroatoms. The number of halogens is 4. The van der Waals surface area contributed by atoms with Crippen LogP contribution in [0.3, 0.4) is 0 Å². The van der Waals surface area contributed by atoms with E-state index >= 15 is 0 Å². The molecular formula is C27H25Cl4NO6. The van der Waals surface area contributed by atoms with E-state index in [9.17, 15) is 9.59 Å². The standard InChI is InChI=1S/C27H25Cl4NO6/c1-16-4-6-17(7-5-16)32(12-14-37-26(33)22-18(28)8-10-20(30)24(22)35-2)13-15-38-27(34)23-19(29)9-11-21(31)25(23)36-3/h4-11H,12-15H2,1-3H3. The van der Waals surface area contributed by atoms with Crippen LogP contribution in [0.4, 0.5) is 5.69 Å². The summed E-state index contributed by atoms with van der Waals surface area (Å²) in [6, 6.07) is 13.8. The lowest BCUT2D eigenvalue weighted by atomic mass is 10.2. The molecule has 0 N–H and O–H groups in total. The van der Waals surface area contributed by atoms with Crippen molar-refractivity contribution >= 4 is 64.0 Å². The van der Waals surface area contributed by atoms with Crippen LogP contribution in [0.15, 0.2) is 48.5 Å². The summed E-state index contributed by atoms with van der Waals surface area (Å²) in [5.74, 6) is -1.07. The molecule has 38 heavy (non-hydrogen) atoms. The van der Waals surface area contributed by atoms with E-state index in [1.165, 1.54) is 38.5 Å². The zero-order valence-corrected chi connectivity index (χ0v) is 23.9. The minimum absolute atomic E-state index is 0.0145. The van der Waals surface area contributed by atoms with Crippen LogP contribution in [0.5, 0.6) is 11.5 Å². The van der Waals surface area contributed by atoms with Gasteiger partial charge in [-0.1, -0.05) is 64.1 Å². The zero-order chi connectivity index (χ0) is 27.8. The van der Waals surface area contributed by atoms with E-state index in [4.69, 9.17) is 65.4 Å². The molecular weight excluding hydrogens is 576 g/mol. The first-order chi connectivity index (χ1) is 18.2. The Morgan fingerprint density at radius 3 is 1.45 bits per heavy atom. The summed E-state index contributed by atoms with van der Waals surface area (Å²) in [5.41, 5.74) is 2.02. The highest BCUT2D eigenvalue weighted by atomic mass is 35.5. The van der Waals surface area contributed by atoms with Gasteiger partial charge in [0.05, 0.1) is 47.4 Å². The van der Waals surface area contributed by atoms with Crippen molar-refractivity contribution in [2.75, 3.05) is 45.4 Å². The van der Waals surface area contributed by atoms with Gasteiger partial charge in [0.25, 0.3) is 0 Å². The van der Waals surface area contributed by atoms with Crippen molar-refractivity contribution in [3.63, 3.8) is 0 Å². The highest BCUT2D eigenvalue weighted by Crippen LogP contribution is 2.35. The van der Waals surface area contributed by atoms with Crippen LogP contribution in [0, 0.1) is 6.92 Å². The average Bonchev–Trinajstić information content (AvgIpc) is 2.90. The Kier molecular flexibility index (Phi) is 10.8. The monoisotopic (exact) mass is 599 g/mol. The number of carbonyl (C=O) groups excluding carboxylic acids is 2. The van der Waals surface area contributed by atoms with Crippen molar-refractivity contribution in [3.8, 4) is 11.5 Å². The summed E-state index contributed by atoms with van der Waals surface area (Å²) in [6.45, 7) is 2.60. The summed E-state index contributed by atoms with van der Waals surface area (Å²) in [5, 5.41) is 0.800. The second-order valence-electron chi connectivity index (χ2n) is 7.97. The molecule has 3 aromatic rings. The minimum Gasteiger partial charge on any atom is -0.494 e. The Bertz CT molecular complexity index is 1220. The van der Waals surface area contributed by atoms with Gasteiger partial charge in [0, 0.05) is 5.69 Å². The van der Waals surface area contributed by atoms with Gasteiger partial charge in [0.15, 0.2) is 11.5 Å². The predicted octanol–water partition coefficient (Wildman–Crippen LogP) is 7.15. The van der Waals surface area contributed by atoms with Gasteiger partial charge in [-0.05, 0) is 43.3 Å². The number of rotatable bonds is 11.